The summed E-state index contributed by atoms with van der Waals surface area (Å²) >= 11 is 0. The summed E-state index contributed by atoms with van der Waals surface area (Å²) in [5, 5.41) is 0. The SMILES string of the molecule is CCN1CCN(C(=O)c2ccc(S(=O)(=O)NC)cc2)CC1. The molecule has 1 aromatic rings. The second kappa shape index (κ2) is 6.55. The van der Waals surface area contributed by atoms with Gasteiger partial charge < -0.3 is 9.80 Å². The Morgan fingerprint density at radius 1 is 1.14 bits per heavy atom. The van der Waals surface area contributed by atoms with Crippen LogP contribution in [-0.4, -0.2) is 63.9 Å². The number of hydrogen-bond donors (Lipinski definition) is 1. The van der Waals surface area contributed by atoms with Crippen LogP contribution in [0.5, 0.6) is 0 Å². The zero-order valence-electron chi connectivity index (χ0n) is 12.4. The van der Waals surface area contributed by atoms with Crippen LogP contribution in [0.25, 0.3) is 0 Å². The molecule has 1 fully saturated rings. The molecule has 1 aliphatic rings. The fourth-order valence-corrected chi connectivity index (χ4v) is 3.07. The highest BCUT2D eigenvalue weighted by atomic mass is 32.2. The van der Waals surface area contributed by atoms with Gasteiger partial charge in [-0.2, -0.15) is 0 Å². The van der Waals surface area contributed by atoms with Crippen LogP contribution < -0.4 is 4.72 Å². The number of likely N-dealkylation sites (N-methyl/N-ethyl adjacent to an activating group) is 1. The Labute approximate surface area is 125 Å². The number of sulfonamides is 1. The lowest BCUT2D eigenvalue weighted by Gasteiger charge is -2.34. The minimum Gasteiger partial charge on any atom is -0.336 e. The van der Waals surface area contributed by atoms with Crippen molar-refractivity contribution in [3.8, 4) is 0 Å². The van der Waals surface area contributed by atoms with Crippen molar-refractivity contribution in [1.82, 2.24) is 14.5 Å². The Morgan fingerprint density at radius 3 is 2.19 bits per heavy atom. The van der Waals surface area contributed by atoms with Gasteiger partial charge in [0.1, 0.15) is 0 Å². The number of piperazine rings is 1. The number of rotatable bonds is 4. The third-order valence-electron chi connectivity index (χ3n) is 3.79. The minimum atomic E-state index is -3.46. The first-order valence-electron chi connectivity index (χ1n) is 7.03. The average molecular weight is 311 g/mol. The molecule has 0 radical (unpaired) electrons. The molecule has 2 rings (SSSR count). The van der Waals surface area contributed by atoms with Crippen LogP contribution in [0, 0.1) is 0 Å². The summed E-state index contributed by atoms with van der Waals surface area (Å²) in [6.45, 7) is 6.30. The molecule has 1 amide bonds. The summed E-state index contributed by atoms with van der Waals surface area (Å²) in [5.41, 5.74) is 0.523. The van der Waals surface area contributed by atoms with E-state index in [0.29, 0.717) is 18.7 Å². The number of hydrogen-bond acceptors (Lipinski definition) is 4. The summed E-state index contributed by atoms with van der Waals surface area (Å²) in [5.74, 6) is -0.0424. The molecule has 1 aromatic carbocycles. The van der Waals surface area contributed by atoms with Gasteiger partial charge >= 0.3 is 0 Å². The van der Waals surface area contributed by atoms with Crippen LogP contribution in [0.15, 0.2) is 29.2 Å². The summed E-state index contributed by atoms with van der Waals surface area (Å²) < 4.78 is 25.5. The zero-order valence-corrected chi connectivity index (χ0v) is 13.2. The Bertz CT molecular complexity index is 590. The van der Waals surface area contributed by atoms with Crippen LogP contribution in [0.2, 0.25) is 0 Å². The van der Waals surface area contributed by atoms with E-state index in [1.165, 1.54) is 19.2 Å². The molecule has 6 nitrogen and oxygen atoms in total. The normalized spacial score (nSPS) is 17.0. The third-order valence-corrected chi connectivity index (χ3v) is 5.22. The van der Waals surface area contributed by atoms with Gasteiger partial charge in [0.2, 0.25) is 10.0 Å². The van der Waals surface area contributed by atoms with Crippen LogP contribution in [0.4, 0.5) is 0 Å². The largest absolute Gasteiger partial charge is 0.336 e. The molecule has 1 heterocycles. The lowest BCUT2D eigenvalue weighted by atomic mass is 10.2. The van der Waals surface area contributed by atoms with E-state index in [-0.39, 0.29) is 10.8 Å². The number of benzene rings is 1. The van der Waals surface area contributed by atoms with E-state index in [2.05, 4.69) is 16.5 Å². The molecule has 0 aromatic heterocycles. The van der Waals surface area contributed by atoms with Gasteiger partial charge in [0.25, 0.3) is 5.91 Å². The highest BCUT2D eigenvalue weighted by Crippen LogP contribution is 2.13. The van der Waals surface area contributed by atoms with Gasteiger partial charge in [0, 0.05) is 31.7 Å². The molecule has 0 atom stereocenters. The fourth-order valence-electron chi connectivity index (χ4n) is 2.34. The van der Waals surface area contributed by atoms with Crippen molar-refractivity contribution in [3.05, 3.63) is 29.8 Å². The quantitative estimate of drug-likeness (QED) is 0.872. The van der Waals surface area contributed by atoms with Gasteiger partial charge in [-0.1, -0.05) is 6.92 Å². The van der Waals surface area contributed by atoms with Gasteiger partial charge in [-0.05, 0) is 37.9 Å². The first kappa shape index (κ1) is 15.9. The monoisotopic (exact) mass is 311 g/mol. The van der Waals surface area contributed by atoms with E-state index in [1.54, 1.807) is 12.1 Å². The molecule has 21 heavy (non-hydrogen) atoms. The first-order chi connectivity index (χ1) is 9.97. The summed E-state index contributed by atoms with van der Waals surface area (Å²) in [4.78, 5) is 16.6. The summed E-state index contributed by atoms with van der Waals surface area (Å²) in [7, 11) is -2.10. The smallest absolute Gasteiger partial charge is 0.253 e. The Hall–Kier alpha value is -1.44. The predicted molar refractivity (Wildman–Crippen MR) is 80.7 cm³/mol. The van der Waals surface area contributed by atoms with E-state index < -0.39 is 10.0 Å². The second-order valence-electron chi connectivity index (χ2n) is 4.96. The van der Waals surface area contributed by atoms with Crippen LogP contribution >= 0.6 is 0 Å². The molecule has 1 aliphatic heterocycles. The van der Waals surface area contributed by atoms with Gasteiger partial charge in [0.15, 0.2) is 0 Å². The molecule has 0 aliphatic carbocycles. The van der Waals surface area contributed by atoms with Crippen molar-refractivity contribution < 1.29 is 13.2 Å². The maximum Gasteiger partial charge on any atom is 0.253 e. The minimum absolute atomic E-state index is 0.0424. The fraction of sp³-hybridized carbons (Fsp3) is 0.500. The van der Waals surface area contributed by atoms with Crippen molar-refractivity contribution in [1.29, 1.82) is 0 Å². The molecule has 1 N–H and O–H groups in total. The van der Waals surface area contributed by atoms with Crippen LogP contribution in [0.1, 0.15) is 17.3 Å². The lowest BCUT2D eigenvalue weighted by molar-refractivity contribution is 0.0643. The molecule has 7 heteroatoms. The Balaban J connectivity index is 2.07. The highest BCUT2D eigenvalue weighted by molar-refractivity contribution is 7.89. The molecule has 1 saturated heterocycles. The molecule has 0 saturated carbocycles. The zero-order chi connectivity index (χ0) is 15.5. The van der Waals surface area contributed by atoms with E-state index >= 15 is 0 Å². The van der Waals surface area contributed by atoms with E-state index in [9.17, 15) is 13.2 Å². The number of carbonyl (C=O) groups excluding carboxylic acids is 1. The van der Waals surface area contributed by atoms with E-state index in [0.717, 1.165) is 19.6 Å². The second-order valence-corrected chi connectivity index (χ2v) is 6.84. The van der Waals surface area contributed by atoms with Gasteiger partial charge in [-0.25, -0.2) is 13.1 Å². The van der Waals surface area contributed by atoms with Crippen molar-refractivity contribution in [2.24, 2.45) is 0 Å². The number of nitrogens with zero attached hydrogens (tertiary/aromatic N) is 2. The number of nitrogens with one attached hydrogen (secondary N) is 1. The maximum absolute atomic E-state index is 12.4. The molecular formula is C14H21N3O3S. The number of carbonyl (C=O) groups is 1. The first-order valence-corrected chi connectivity index (χ1v) is 8.51. The lowest BCUT2D eigenvalue weighted by Crippen LogP contribution is -2.48. The average Bonchev–Trinajstić information content (AvgIpc) is 2.54. The van der Waals surface area contributed by atoms with Crippen molar-refractivity contribution in [3.63, 3.8) is 0 Å². The Kier molecular flexibility index (Phi) is 4.97. The van der Waals surface area contributed by atoms with E-state index in [1.807, 2.05) is 4.90 Å². The molecule has 116 valence electrons. The van der Waals surface area contributed by atoms with Gasteiger partial charge in [-0.15, -0.1) is 0 Å². The van der Waals surface area contributed by atoms with Crippen molar-refractivity contribution in [2.75, 3.05) is 39.8 Å². The van der Waals surface area contributed by atoms with Gasteiger partial charge in [-0.3, -0.25) is 4.79 Å². The van der Waals surface area contributed by atoms with Crippen LogP contribution in [-0.2, 0) is 10.0 Å². The highest BCUT2D eigenvalue weighted by Gasteiger charge is 2.21. The third kappa shape index (κ3) is 3.61. The Morgan fingerprint density at radius 2 is 1.71 bits per heavy atom. The number of amides is 1. The van der Waals surface area contributed by atoms with E-state index in [4.69, 9.17) is 0 Å². The molecule has 0 bridgehead atoms. The molecule has 0 unspecified atom stereocenters. The maximum atomic E-state index is 12.4. The topological polar surface area (TPSA) is 69.7 Å². The predicted octanol–water partition coefficient (Wildman–Crippen LogP) is 0.372. The van der Waals surface area contributed by atoms with Crippen LogP contribution in [0.3, 0.4) is 0 Å². The standard InChI is InChI=1S/C14H21N3O3S/c1-3-16-8-10-17(11-9-16)14(18)12-4-6-13(7-5-12)21(19,20)15-2/h4-7,15H,3,8-11H2,1-2H3. The summed E-state index contributed by atoms with van der Waals surface area (Å²) in [6, 6.07) is 6.06. The summed E-state index contributed by atoms with van der Waals surface area (Å²) in [6.07, 6.45) is 0. The molecule has 0 spiro atoms. The van der Waals surface area contributed by atoms with Crippen molar-refractivity contribution in [2.45, 2.75) is 11.8 Å². The van der Waals surface area contributed by atoms with Crippen molar-refractivity contribution >= 4 is 15.9 Å². The van der Waals surface area contributed by atoms with Gasteiger partial charge in [0.05, 0.1) is 4.90 Å². The molecular weight excluding hydrogens is 290 g/mol.